The second kappa shape index (κ2) is 8.42. The highest BCUT2D eigenvalue weighted by atomic mass is 32.2. The smallest absolute Gasteiger partial charge is 0.243 e. The van der Waals surface area contributed by atoms with Gasteiger partial charge in [-0.15, -0.1) is 0 Å². The Bertz CT molecular complexity index is 942. The molecule has 1 amide bonds. The van der Waals surface area contributed by atoms with Gasteiger partial charge in [0.05, 0.1) is 11.7 Å². The van der Waals surface area contributed by atoms with Gasteiger partial charge in [-0.3, -0.25) is 4.79 Å². The Hall–Kier alpha value is -1.58. The number of rotatable bonds is 6. The van der Waals surface area contributed by atoms with Gasteiger partial charge in [0.25, 0.3) is 0 Å². The molecule has 3 rings (SSSR count). The molecule has 9 heteroatoms. The van der Waals surface area contributed by atoms with E-state index in [4.69, 9.17) is 0 Å². The van der Waals surface area contributed by atoms with Crippen LogP contribution < -0.4 is 10.0 Å². The van der Waals surface area contributed by atoms with Crippen LogP contribution in [0.4, 0.5) is 0 Å². The van der Waals surface area contributed by atoms with Crippen molar-refractivity contribution in [3.63, 3.8) is 0 Å². The molecule has 0 saturated heterocycles. The number of hydrogen-bond acceptors (Lipinski definition) is 6. The highest BCUT2D eigenvalue weighted by Gasteiger charge is 2.34. The summed E-state index contributed by atoms with van der Waals surface area (Å²) in [5.41, 5.74) is 0.862. The third kappa shape index (κ3) is 4.36. The number of nitrogens with zero attached hydrogens (tertiary/aromatic N) is 2. The molecular formula is C19H28N4O3S2. The van der Waals surface area contributed by atoms with Crippen molar-refractivity contribution in [1.29, 1.82) is 0 Å². The zero-order chi connectivity index (χ0) is 20.5. The van der Waals surface area contributed by atoms with Gasteiger partial charge in [0.2, 0.25) is 15.9 Å². The molecule has 1 fully saturated rings. The normalized spacial score (nSPS) is 24.4. The minimum Gasteiger partial charge on any atom is -0.352 e. The lowest BCUT2D eigenvalue weighted by Crippen LogP contribution is -2.54. The van der Waals surface area contributed by atoms with E-state index in [0.29, 0.717) is 22.9 Å². The fraction of sp³-hybridized carbons (Fsp3) is 0.632. The fourth-order valence-corrected chi connectivity index (χ4v) is 5.89. The molecule has 1 aliphatic rings. The Morgan fingerprint density at radius 1 is 1.21 bits per heavy atom. The molecule has 4 atom stereocenters. The van der Waals surface area contributed by atoms with Gasteiger partial charge >= 0.3 is 0 Å². The molecule has 2 aromatic rings. The molecule has 0 aliphatic heterocycles. The Kier molecular flexibility index (Phi) is 6.36. The number of benzene rings is 1. The van der Waals surface area contributed by atoms with Crippen LogP contribution in [0.15, 0.2) is 23.1 Å². The topological polar surface area (TPSA) is 101 Å². The standard InChI is InChI=1S/C19H28N4O3S2/c1-11(2)17(19(24)20-14-8-5-7-12(3)13(14)4)23-28(25,26)16-10-6-9-15-18(16)22-27-21-15/h6,9-14,17,23H,5,7-8H2,1-4H3,(H,20,24)/t12-,13+,14+,17-/m0/s1. The number of aromatic nitrogens is 2. The SMILES string of the molecule is CC(C)[C@H](NS(=O)(=O)c1cccc2nsnc12)C(=O)N[C@@H]1CCC[C@H](C)[C@H]1C. The fourth-order valence-electron chi connectivity index (χ4n) is 3.78. The Labute approximate surface area is 170 Å². The summed E-state index contributed by atoms with van der Waals surface area (Å²) in [4.78, 5) is 13.0. The van der Waals surface area contributed by atoms with Crippen molar-refractivity contribution in [2.75, 3.05) is 0 Å². The second-order valence-corrected chi connectivity index (χ2v) is 10.3. The van der Waals surface area contributed by atoms with Gasteiger partial charge in [-0.2, -0.15) is 13.5 Å². The Morgan fingerprint density at radius 3 is 2.68 bits per heavy atom. The largest absolute Gasteiger partial charge is 0.352 e. The van der Waals surface area contributed by atoms with E-state index in [-0.39, 0.29) is 22.8 Å². The van der Waals surface area contributed by atoms with Crippen molar-refractivity contribution < 1.29 is 13.2 Å². The van der Waals surface area contributed by atoms with E-state index < -0.39 is 16.1 Å². The highest BCUT2D eigenvalue weighted by molar-refractivity contribution is 7.89. The number of sulfonamides is 1. The molecule has 1 heterocycles. The van der Waals surface area contributed by atoms with Crippen molar-refractivity contribution in [2.45, 2.75) is 63.9 Å². The number of fused-ring (bicyclic) bond motifs is 1. The monoisotopic (exact) mass is 424 g/mol. The van der Waals surface area contributed by atoms with Gasteiger partial charge in [0, 0.05) is 6.04 Å². The zero-order valence-electron chi connectivity index (χ0n) is 16.7. The van der Waals surface area contributed by atoms with Gasteiger partial charge in [0.1, 0.15) is 22.0 Å². The molecular weight excluding hydrogens is 396 g/mol. The molecule has 0 unspecified atom stereocenters. The lowest BCUT2D eigenvalue weighted by molar-refractivity contribution is -0.125. The van der Waals surface area contributed by atoms with Crippen molar-refractivity contribution in [1.82, 2.24) is 18.8 Å². The molecule has 1 aromatic heterocycles. The molecule has 1 aliphatic carbocycles. The molecule has 0 bridgehead atoms. The van der Waals surface area contributed by atoms with E-state index in [0.717, 1.165) is 24.6 Å². The van der Waals surface area contributed by atoms with Crippen LogP contribution >= 0.6 is 11.7 Å². The first-order valence-corrected chi connectivity index (χ1v) is 12.0. The van der Waals surface area contributed by atoms with E-state index in [1.807, 2.05) is 13.8 Å². The summed E-state index contributed by atoms with van der Waals surface area (Å²) >= 11 is 0.967. The van der Waals surface area contributed by atoms with Crippen LogP contribution in [0.1, 0.15) is 47.0 Å². The van der Waals surface area contributed by atoms with E-state index in [2.05, 4.69) is 32.6 Å². The summed E-state index contributed by atoms with van der Waals surface area (Å²) < 4.78 is 36.8. The van der Waals surface area contributed by atoms with E-state index in [1.54, 1.807) is 12.1 Å². The minimum atomic E-state index is -3.92. The molecule has 0 radical (unpaired) electrons. The molecule has 7 nitrogen and oxygen atoms in total. The van der Waals surface area contributed by atoms with E-state index >= 15 is 0 Å². The van der Waals surface area contributed by atoms with E-state index in [1.165, 1.54) is 12.5 Å². The number of carbonyl (C=O) groups is 1. The summed E-state index contributed by atoms with van der Waals surface area (Å²) in [5.74, 6) is 0.451. The van der Waals surface area contributed by atoms with Crippen molar-refractivity contribution >= 4 is 38.7 Å². The Balaban J connectivity index is 1.80. The van der Waals surface area contributed by atoms with Crippen LogP contribution in [0.25, 0.3) is 11.0 Å². The summed E-state index contributed by atoms with van der Waals surface area (Å²) in [5, 5.41) is 3.09. The molecule has 1 aromatic carbocycles. The van der Waals surface area contributed by atoms with Crippen molar-refractivity contribution in [3.8, 4) is 0 Å². The lowest BCUT2D eigenvalue weighted by Gasteiger charge is -2.35. The molecule has 1 saturated carbocycles. The van der Waals surface area contributed by atoms with Gasteiger partial charge in [-0.25, -0.2) is 8.42 Å². The third-order valence-electron chi connectivity index (χ3n) is 5.80. The highest BCUT2D eigenvalue weighted by Crippen LogP contribution is 2.29. The van der Waals surface area contributed by atoms with Crippen LogP contribution in [0.2, 0.25) is 0 Å². The first-order chi connectivity index (χ1) is 13.2. The number of nitrogens with one attached hydrogen (secondary N) is 2. The van der Waals surface area contributed by atoms with Crippen LogP contribution in [0, 0.1) is 17.8 Å². The molecule has 0 spiro atoms. The summed E-state index contributed by atoms with van der Waals surface area (Å²) in [7, 11) is -3.92. The number of hydrogen-bond donors (Lipinski definition) is 2. The van der Waals surface area contributed by atoms with Gasteiger partial charge < -0.3 is 5.32 Å². The number of carbonyl (C=O) groups excluding carboxylic acids is 1. The predicted molar refractivity (Wildman–Crippen MR) is 110 cm³/mol. The summed E-state index contributed by atoms with van der Waals surface area (Å²) in [6, 6.07) is 4.07. The second-order valence-electron chi connectivity index (χ2n) is 8.11. The third-order valence-corrected chi connectivity index (χ3v) is 7.82. The first kappa shape index (κ1) is 21.1. The molecule has 2 N–H and O–H groups in total. The van der Waals surface area contributed by atoms with Crippen molar-refractivity contribution in [2.24, 2.45) is 17.8 Å². The van der Waals surface area contributed by atoms with Gasteiger partial charge in [-0.1, -0.05) is 46.6 Å². The molecule has 28 heavy (non-hydrogen) atoms. The van der Waals surface area contributed by atoms with Gasteiger partial charge in [-0.05, 0) is 36.3 Å². The predicted octanol–water partition coefficient (Wildman–Crippen LogP) is 2.94. The maximum atomic E-state index is 13.0. The van der Waals surface area contributed by atoms with Crippen LogP contribution in [-0.4, -0.2) is 35.2 Å². The molecule has 154 valence electrons. The maximum absolute atomic E-state index is 13.0. The quantitative estimate of drug-likeness (QED) is 0.742. The van der Waals surface area contributed by atoms with Gasteiger partial charge in [0.15, 0.2) is 0 Å². The summed E-state index contributed by atoms with van der Waals surface area (Å²) in [6.07, 6.45) is 3.17. The van der Waals surface area contributed by atoms with Crippen LogP contribution in [-0.2, 0) is 14.8 Å². The maximum Gasteiger partial charge on any atom is 0.243 e. The van der Waals surface area contributed by atoms with Crippen molar-refractivity contribution in [3.05, 3.63) is 18.2 Å². The van der Waals surface area contributed by atoms with E-state index in [9.17, 15) is 13.2 Å². The first-order valence-electron chi connectivity index (χ1n) is 9.74. The number of amides is 1. The zero-order valence-corrected chi connectivity index (χ0v) is 18.3. The lowest BCUT2D eigenvalue weighted by atomic mass is 9.78. The van der Waals surface area contributed by atoms with Crippen LogP contribution in [0.3, 0.4) is 0 Å². The minimum absolute atomic E-state index is 0.0526. The summed E-state index contributed by atoms with van der Waals surface area (Å²) in [6.45, 7) is 8.03. The average molecular weight is 425 g/mol. The average Bonchev–Trinajstić information content (AvgIpc) is 3.12. The van der Waals surface area contributed by atoms with Crippen LogP contribution in [0.5, 0.6) is 0 Å². The Morgan fingerprint density at radius 2 is 1.96 bits per heavy atom.